The van der Waals surface area contributed by atoms with Gasteiger partial charge in [-0.15, -0.1) is 0 Å². The molecule has 0 atom stereocenters. The van der Waals surface area contributed by atoms with Crippen molar-refractivity contribution in [2.45, 2.75) is 13.2 Å². The molecule has 1 fully saturated rings. The van der Waals surface area contributed by atoms with Crippen LogP contribution in [-0.2, 0) is 9.47 Å². The third-order valence-electron chi connectivity index (χ3n) is 2.20. The van der Waals surface area contributed by atoms with Crippen molar-refractivity contribution in [3.8, 4) is 5.75 Å². The molecule has 0 spiro atoms. The van der Waals surface area contributed by atoms with Crippen molar-refractivity contribution in [3.05, 3.63) is 27.2 Å². The third-order valence-corrected chi connectivity index (χ3v) is 3.07. The first kappa shape index (κ1) is 12.2. The molecule has 0 unspecified atom stereocenters. The van der Waals surface area contributed by atoms with Crippen LogP contribution < -0.4 is 4.74 Å². The number of halogens is 2. The maximum Gasteiger partial charge on any atom is 0.184 e. The molecule has 2 rings (SSSR count). The van der Waals surface area contributed by atoms with E-state index in [1.807, 2.05) is 19.1 Å². The van der Waals surface area contributed by atoms with Gasteiger partial charge in [-0.1, -0.05) is 11.6 Å². The van der Waals surface area contributed by atoms with Crippen molar-refractivity contribution in [2.75, 3.05) is 19.8 Å². The van der Waals surface area contributed by atoms with E-state index >= 15 is 0 Å². The average Bonchev–Trinajstić information content (AvgIpc) is 2.76. The molecule has 16 heavy (non-hydrogen) atoms. The molecule has 88 valence electrons. The van der Waals surface area contributed by atoms with E-state index in [9.17, 15) is 0 Å². The van der Waals surface area contributed by atoms with E-state index in [0.717, 1.165) is 10.0 Å². The molecule has 1 aliphatic rings. The van der Waals surface area contributed by atoms with Gasteiger partial charge in [-0.3, -0.25) is 0 Å². The average molecular weight is 308 g/mol. The van der Waals surface area contributed by atoms with Crippen LogP contribution in [0.5, 0.6) is 5.75 Å². The zero-order valence-corrected chi connectivity index (χ0v) is 11.2. The lowest BCUT2D eigenvalue weighted by Crippen LogP contribution is -2.00. The minimum atomic E-state index is -0.315. The molecular formula is C11H12BrClO3. The SMILES string of the molecule is CCOc1c(Cl)cc(C2OCCO2)cc1Br. The molecule has 0 bridgehead atoms. The molecule has 0 saturated carbocycles. The molecule has 1 saturated heterocycles. The van der Waals surface area contributed by atoms with Crippen molar-refractivity contribution in [1.29, 1.82) is 0 Å². The number of benzene rings is 1. The van der Waals surface area contributed by atoms with Gasteiger partial charge in [0, 0.05) is 5.56 Å². The Bertz CT molecular complexity index is 354. The van der Waals surface area contributed by atoms with Gasteiger partial charge in [0.2, 0.25) is 0 Å². The van der Waals surface area contributed by atoms with Gasteiger partial charge < -0.3 is 14.2 Å². The number of hydrogen-bond acceptors (Lipinski definition) is 3. The lowest BCUT2D eigenvalue weighted by atomic mass is 10.2. The van der Waals surface area contributed by atoms with Crippen molar-refractivity contribution in [2.24, 2.45) is 0 Å². The minimum absolute atomic E-state index is 0.315. The summed E-state index contributed by atoms with van der Waals surface area (Å²) in [5.74, 6) is 0.658. The Kier molecular flexibility index (Phi) is 4.08. The fourth-order valence-electron chi connectivity index (χ4n) is 1.55. The van der Waals surface area contributed by atoms with Crippen molar-refractivity contribution in [3.63, 3.8) is 0 Å². The highest BCUT2D eigenvalue weighted by atomic mass is 79.9. The summed E-state index contributed by atoms with van der Waals surface area (Å²) in [6.45, 7) is 3.73. The fraction of sp³-hybridized carbons (Fsp3) is 0.455. The van der Waals surface area contributed by atoms with Gasteiger partial charge in [-0.25, -0.2) is 0 Å². The third kappa shape index (κ3) is 2.51. The summed E-state index contributed by atoms with van der Waals surface area (Å²) < 4.78 is 17.1. The van der Waals surface area contributed by atoms with Crippen LogP contribution in [0.3, 0.4) is 0 Å². The van der Waals surface area contributed by atoms with E-state index in [4.69, 9.17) is 25.8 Å². The molecule has 0 aromatic heterocycles. The summed E-state index contributed by atoms with van der Waals surface area (Å²) >= 11 is 9.55. The van der Waals surface area contributed by atoms with Gasteiger partial charge >= 0.3 is 0 Å². The second-order valence-corrected chi connectivity index (χ2v) is 4.58. The largest absolute Gasteiger partial charge is 0.491 e. The van der Waals surface area contributed by atoms with Crippen molar-refractivity contribution >= 4 is 27.5 Å². The predicted molar refractivity (Wildman–Crippen MR) is 65.0 cm³/mol. The van der Waals surface area contributed by atoms with Gasteiger partial charge in [-0.2, -0.15) is 0 Å². The Morgan fingerprint density at radius 2 is 2.12 bits per heavy atom. The second-order valence-electron chi connectivity index (χ2n) is 3.32. The Labute approximate surface area is 108 Å². The molecule has 1 aliphatic heterocycles. The fourth-order valence-corrected chi connectivity index (χ4v) is 2.54. The summed E-state index contributed by atoms with van der Waals surface area (Å²) in [7, 11) is 0. The number of rotatable bonds is 3. The quantitative estimate of drug-likeness (QED) is 0.855. The highest BCUT2D eigenvalue weighted by Crippen LogP contribution is 2.37. The zero-order chi connectivity index (χ0) is 11.5. The lowest BCUT2D eigenvalue weighted by molar-refractivity contribution is -0.0441. The number of ether oxygens (including phenoxy) is 3. The summed E-state index contributed by atoms with van der Waals surface area (Å²) in [5.41, 5.74) is 0.901. The van der Waals surface area contributed by atoms with Crippen LogP contribution in [0.1, 0.15) is 18.8 Å². The molecule has 3 nitrogen and oxygen atoms in total. The molecule has 0 N–H and O–H groups in total. The van der Waals surface area contributed by atoms with E-state index in [2.05, 4.69) is 15.9 Å². The Hall–Kier alpha value is -0.290. The first-order valence-corrected chi connectivity index (χ1v) is 6.24. The summed E-state index contributed by atoms with van der Waals surface area (Å²) in [6, 6.07) is 3.72. The predicted octanol–water partition coefficient (Wildman–Crippen LogP) is 3.55. The molecule has 5 heteroatoms. The van der Waals surface area contributed by atoms with Gasteiger partial charge in [0.1, 0.15) is 0 Å². The van der Waals surface area contributed by atoms with Crippen LogP contribution in [0.25, 0.3) is 0 Å². The first-order chi connectivity index (χ1) is 7.72. The van der Waals surface area contributed by atoms with Gasteiger partial charge in [0.15, 0.2) is 12.0 Å². The Morgan fingerprint density at radius 1 is 1.44 bits per heavy atom. The molecule has 1 aromatic rings. The minimum Gasteiger partial charge on any atom is -0.491 e. The molecule has 0 radical (unpaired) electrons. The summed E-state index contributed by atoms with van der Waals surface area (Å²) in [5, 5.41) is 0.560. The summed E-state index contributed by atoms with van der Waals surface area (Å²) in [6.07, 6.45) is -0.315. The Morgan fingerprint density at radius 3 is 2.69 bits per heavy atom. The van der Waals surface area contributed by atoms with E-state index in [-0.39, 0.29) is 6.29 Å². The van der Waals surface area contributed by atoms with Crippen LogP contribution in [-0.4, -0.2) is 19.8 Å². The standard InChI is InChI=1S/C11H12BrClO3/c1-2-14-10-8(12)5-7(6-9(10)13)11-15-3-4-16-11/h5-6,11H,2-4H2,1H3. The number of hydrogen-bond donors (Lipinski definition) is 0. The van der Waals surface area contributed by atoms with Crippen LogP contribution in [0, 0.1) is 0 Å². The second kappa shape index (κ2) is 5.36. The highest BCUT2D eigenvalue weighted by molar-refractivity contribution is 9.10. The zero-order valence-electron chi connectivity index (χ0n) is 8.83. The van der Waals surface area contributed by atoms with E-state index in [0.29, 0.717) is 30.6 Å². The van der Waals surface area contributed by atoms with Crippen LogP contribution in [0.2, 0.25) is 5.02 Å². The van der Waals surface area contributed by atoms with E-state index < -0.39 is 0 Å². The monoisotopic (exact) mass is 306 g/mol. The maximum absolute atomic E-state index is 6.13. The first-order valence-electron chi connectivity index (χ1n) is 5.07. The van der Waals surface area contributed by atoms with Crippen molar-refractivity contribution in [1.82, 2.24) is 0 Å². The smallest absolute Gasteiger partial charge is 0.184 e. The highest BCUT2D eigenvalue weighted by Gasteiger charge is 2.21. The van der Waals surface area contributed by atoms with Crippen molar-refractivity contribution < 1.29 is 14.2 Å². The molecule has 1 heterocycles. The van der Waals surface area contributed by atoms with Gasteiger partial charge in [-0.05, 0) is 35.0 Å². The maximum atomic E-state index is 6.13. The summed E-state index contributed by atoms with van der Waals surface area (Å²) in [4.78, 5) is 0. The van der Waals surface area contributed by atoms with E-state index in [1.54, 1.807) is 0 Å². The normalized spacial score (nSPS) is 16.7. The van der Waals surface area contributed by atoms with Gasteiger partial charge in [0.25, 0.3) is 0 Å². The van der Waals surface area contributed by atoms with E-state index in [1.165, 1.54) is 0 Å². The topological polar surface area (TPSA) is 27.7 Å². The van der Waals surface area contributed by atoms with Crippen LogP contribution in [0.4, 0.5) is 0 Å². The lowest BCUT2D eigenvalue weighted by Gasteiger charge is -2.13. The molecular weight excluding hydrogens is 295 g/mol. The molecule has 0 aliphatic carbocycles. The van der Waals surface area contributed by atoms with Crippen LogP contribution >= 0.6 is 27.5 Å². The van der Waals surface area contributed by atoms with Crippen LogP contribution in [0.15, 0.2) is 16.6 Å². The molecule has 0 amide bonds. The molecule has 1 aromatic carbocycles. The van der Waals surface area contributed by atoms with Gasteiger partial charge in [0.05, 0.1) is 29.3 Å². The Balaban J connectivity index is 2.28.